The van der Waals surface area contributed by atoms with Crippen molar-refractivity contribution in [3.8, 4) is 11.5 Å². The summed E-state index contributed by atoms with van der Waals surface area (Å²) in [4.78, 5) is 26.1. The molecule has 1 aromatic rings. The van der Waals surface area contributed by atoms with Crippen LogP contribution in [-0.4, -0.2) is 47.5 Å². The predicted molar refractivity (Wildman–Crippen MR) is 185 cm³/mol. The first-order chi connectivity index (χ1) is 20.5. The zero-order valence-electron chi connectivity index (χ0n) is 30.2. The highest BCUT2D eigenvalue weighted by Gasteiger charge is 2.44. The van der Waals surface area contributed by atoms with Crippen molar-refractivity contribution < 1.29 is 32.8 Å². The van der Waals surface area contributed by atoms with E-state index in [0.29, 0.717) is 17.7 Å². The summed E-state index contributed by atoms with van der Waals surface area (Å²) in [5.41, 5.74) is 1.96. The molecule has 1 aromatic carbocycles. The van der Waals surface area contributed by atoms with Gasteiger partial charge in [0.05, 0.1) is 29.1 Å². The van der Waals surface area contributed by atoms with E-state index >= 15 is 0 Å². The second kappa shape index (κ2) is 14.6. The summed E-state index contributed by atoms with van der Waals surface area (Å²) in [6.07, 6.45) is 3.49. The van der Waals surface area contributed by atoms with Crippen LogP contribution >= 0.6 is 0 Å². The fraction of sp³-hybridized carbons (Fsp3) is 0.676. The number of nitrogens with zero attached hydrogens (tertiary/aromatic N) is 1. The summed E-state index contributed by atoms with van der Waals surface area (Å²) in [7, 11) is -3.33. The number of rotatable bonds is 9. The lowest BCUT2D eigenvalue weighted by Gasteiger charge is -2.41. The van der Waals surface area contributed by atoms with Crippen molar-refractivity contribution in [1.82, 2.24) is 0 Å². The number of hydrogen-bond donors (Lipinski definition) is 0. The SMILES string of the molecule is CC/C1=C\C(C)=C/[C@@H](C)[C@H](O[Si](C)(C)C(C)(C)C)c2cc(O[Si](C)(C)C(C)(C)C)cc([N+](=O)[O-])c2OC(=O)[C@H](C)[C@H]1OCOC. The molecule has 2 rings (SSSR count). The van der Waals surface area contributed by atoms with Gasteiger partial charge in [0.25, 0.3) is 0 Å². The molecular weight excluding hydrogens is 607 g/mol. The van der Waals surface area contributed by atoms with E-state index in [4.69, 9.17) is 23.1 Å². The van der Waals surface area contributed by atoms with Gasteiger partial charge in [-0.15, -0.1) is 0 Å². The van der Waals surface area contributed by atoms with Gasteiger partial charge in [-0.2, -0.15) is 0 Å². The molecule has 0 bridgehead atoms. The molecule has 0 saturated heterocycles. The number of nitro benzene ring substituents is 1. The Kier molecular flexibility index (Phi) is 12.6. The number of carbonyl (C=O) groups excluding carboxylic acids is 1. The zero-order valence-corrected chi connectivity index (χ0v) is 32.2. The summed E-state index contributed by atoms with van der Waals surface area (Å²) < 4.78 is 31.0. The normalized spacial score (nSPS) is 24.6. The summed E-state index contributed by atoms with van der Waals surface area (Å²) >= 11 is 0. The molecule has 45 heavy (non-hydrogen) atoms. The van der Waals surface area contributed by atoms with Crippen LogP contribution in [0.2, 0.25) is 36.3 Å². The topological polar surface area (TPSA) is 106 Å². The molecule has 0 aliphatic carbocycles. The van der Waals surface area contributed by atoms with E-state index < -0.39 is 45.7 Å². The number of carbonyl (C=O) groups is 1. The minimum absolute atomic E-state index is 0.0217. The first-order valence-electron chi connectivity index (χ1n) is 15.9. The number of methoxy groups -OCH3 is 1. The molecule has 0 spiro atoms. The Morgan fingerprint density at radius 1 is 0.978 bits per heavy atom. The molecule has 11 heteroatoms. The molecule has 0 fully saturated rings. The Balaban J connectivity index is 3.03. The number of nitro groups is 1. The molecule has 0 N–H and O–H groups in total. The van der Waals surface area contributed by atoms with Gasteiger partial charge in [0, 0.05) is 18.6 Å². The average Bonchev–Trinajstić information content (AvgIpc) is 2.89. The van der Waals surface area contributed by atoms with Gasteiger partial charge in [0.1, 0.15) is 12.5 Å². The minimum atomic E-state index is -2.45. The number of esters is 1. The first kappa shape index (κ1) is 38.9. The maximum absolute atomic E-state index is 13.9. The van der Waals surface area contributed by atoms with Gasteiger partial charge in [-0.05, 0) is 68.2 Å². The quantitative estimate of drug-likeness (QED) is 0.0642. The van der Waals surface area contributed by atoms with Crippen LogP contribution in [0, 0.1) is 22.0 Å². The second-order valence-electron chi connectivity index (χ2n) is 15.3. The van der Waals surface area contributed by atoms with E-state index in [-0.39, 0.29) is 34.2 Å². The number of fused-ring (bicyclic) bond motifs is 1. The number of benzene rings is 1. The molecule has 0 saturated carbocycles. The molecule has 1 heterocycles. The third kappa shape index (κ3) is 9.37. The molecule has 0 amide bonds. The predicted octanol–water partition coefficient (Wildman–Crippen LogP) is 9.50. The maximum atomic E-state index is 13.9. The van der Waals surface area contributed by atoms with Crippen molar-refractivity contribution in [2.45, 2.75) is 124 Å². The van der Waals surface area contributed by atoms with Gasteiger partial charge in [0.15, 0.2) is 8.32 Å². The Bertz CT molecular complexity index is 1290. The maximum Gasteiger partial charge on any atom is 0.317 e. The molecule has 0 aromatic heterocycles. The lowest BCUT2D eigenvalue weighted by molar-refractivity contribution is -0.385. The fourth-order valence-corrected chi connectivity index (χ4v) is 7.12. The third-order valence-electron chi connectivity index (χ3n) is 9.57. The van der Waals surface area contributed by atoms with Gasteiger partial charge in [-0.1, -0.05) is 73.1 Å². The van der Waals surface area contributed by atoms with E-state index in [2.05, 4.69) is 73.8 Å². The molecule has 1 aliphatic heterocycles. The van der Waals surface area contributed by atoms with Crippen LogP contribution in [0.1, 0.15) is 87.3 Å². The largest absolute Gasteiger partial charge is 0.543 e. The highest BCUT2D eigenvalue weighted by Crippen LogP contribution is 2.49. The summed E-state index contributed by atoms with van der Waals surface area (Å²) in [6.45, 7) is 29.0. The van der Waals surface area contributed by atoms with Crippen molar-refractivity contribution in [1.29, 1.82) is 0 Å². The summed E-state index contributed by atoms with van der Waals surface area (Å²) in [6, 6.07) is 3.17. The van der Waals surface area contributed by atoms with E-state index in [0.717, 1.165) is 11.1 Å². The molecule has 0 radical (unpaired) electrons. The second-order valence-corrected chi connectivity index (χ2v) is 24.8. The van der Waals surface area contributed by atoms with Gasteiger partial charge >= 0.3 is 11.7 Å². The van der Waals surface area contributed by atoms with Crippen molar-refractivity contribution in [3.05, 3.63) is 51.1 Å². The van der Waals surface area contributed by atoms with Crippen LogP contribution in [0.15, 0.2) is 35.4 Å². The van der Waals surface area contributed by atoms with E-state index in [1.54, 1.807) is 13.0 Å². The lowest BCUT2D eigenvalue weighted by atomic mass is 9.90. The monoisotopic (exact) mass is 663 g/mol. The first-order valence-corrected chi connectivity index (χ1v) is 21.7. The van der Waals surface area contributed by atoms with Gasteiger partial charge < -0.3 is 23.1 Å². The lowest BCUT2D eigenvalue weighted by Crippen LogP contribution is -2.44. The van der Waals surface area contributed by atoms with Crippen LogP contribution in [0.25, 0.3) is 0 Å². The van der Waals surface area contributed by atoms with Crippen LogP contribution in [0.3, 0.4) is 0 Å². The molecular formula is C34H57NO8Si2. The van der Waals surface area contributed by atoms with Crippen LogP contribution in [0.4, 0.5) is 5.69 Å². The van der Waals surface area contributed by atoms with E-state index in [1.807, 2.05) is 26.8 Å². The number of ether oxygens (including phenoxy) is 3. The molecule has 254 valence electrons. The van der Waals surface area contributed by atoms with Gasteiger partial charge in [0.2, 0.25) is 14.1 Å². The molecule has 4 atom stereocenters. The van der Waals surface area contributed by atoms with Gasteiger partial charge in [-0.3, -0.25) is 14.9 Å². The van der Waals surface area contributed by atoms with Crippen LogP contribution < -0.4 is 9.16 Å². The molecule has 0 unspecified atom stereocenters. The third-order valence-corrected chi connectivity index (χ3v) is 18.4. The van der Waals surface area contributed by atoms with Crippen LogP contribution in [0.5, 0.6) is 11.5 Å². The van der Waals surface area contributed by atoms with Crippen molar-refractivity contribution in [2.75, 3.05) is 13.9 Å². The Morgan fingerprint density at radius 2 is 1.56 bits per heavy atom. The highest BCUT2D eigenvalue weighted by molar-refractivity contribution is 6.75. The van der Waals surface area contributed by atoms with Crippen LogP contribution in [-0.2, 0) is 18.7 Å². The smallest absolute Gasteiger partial charge is 0.317 e. The summed E-state index contributed by atoms with van der Waals surface area (Å²) in [5, 5.41) is 12.4. The Labute approximate surface area is 273 Å². The zero-order chi connectivity index (χ0) is 34.7. The number of allylic oxidation sites excluding steroid dienone is 2. The summed E-state index contributed by atoms with van der Waals surface area (Å²) in [5.74, 6) is -1.42. The van der Waals surface area contributed by atoms with E-state index in [1.165, 1.54) is 13.2 Å². The standard InChI is InChI=1S/C34H57NO8Si2/c1-16-25-18-22(2)17-23(3)29(43-45(14,15)34(8,9)10)27-19-26(42-44(12,13)33(5,6)7)20-28(35(37)38)31(27)41-32(36)24(4)30(25)40-21-39-11/h17-20,23-24,29-30H,16,21H2,1-15H3/b22-17-,25-18+/t23-,24-,29+,30-/m1/s1. The van der Waals surface area contributed by atoms with Crippen molar-refractivity contribution in [3.63, 3.8) is 0 Å². The minimum Gasteiger partial charge on any atom is -0.543 e. The molecule has 1 aliphatic rings. The Hall–Kier alpha value is -2.32. The average molecular weight is 664 g/mol. The van der Waals surface area contributed by atoms with Crippen molar-refractivity contribution >= 4 is 28.3 Å². The fourth-order valence-electron chi connectivity index (χ4n) is 4.78. The van der Waals surface area contributed by atoms with Crippen molar-refractivity contribution in [2.24, 2.45) is 11.8 Å². The van der Waals surface area contributed by atoms with Gasteiger partial charge in [-0.25, -0.2) is 0 Å². The molecule has 9 nitrogen and oxygen atoms in total. The number of hydrogen-bond acceptors (Lipinski definition) is 8. The van der Waals surface area contributed by atoms with E-state index in [9.17, 15) is 14.9 Å². The highest BCUT2D eigenvalue weighted by atomic mass is 28.4. The Morgan fingerprint density at radius 3 is 2.04 bits per heavy atom.